The van der Waals surface area contributed by atoms with Gasteiger partial charge in [0.15, 0.2) is 0 Å². The summed E-state index contributed by atoms with van der Waals surface area (Å²) < 4.78 is 34.1. The Balaban J connectivity index is 0.000000246. The Morgan fingerprint density at radius 1 is 1.40 bits per heavy atom. The van der Waals surface area contributed by atoms with Gasteiger partial charge in [-0.3, -0.25) is 10.3 Å². The number of aromatic nitrogens is 1. The third-order valence-corrected chi connectivity index (χ3v) is 3.98. The van der Waals surface area contributed by atoms with Crippen LogP contribution < -0.4 is 10.3 Å². The van der Waals surface area contributed by atoms with Gasteiger partial charge in [0.1, 0.15) is 5.52 Å². The third kappa shape index (κ3) is 4.71. The van der Waals surface area contributed by atoms with Crippen LogP contribution in [0, 0.1) is 6.92 Å². The summed E-state index contributed by atoms with van der Waals surface area (Å²) in [4.78, 5) is 0. The fourth-order valence-electron chi connectivity index (χ4n) is 1.69. The number of benzene rings is 1. The van der Waals surface area contributed by atoms with E-state index in [1.807, 2.05) is 0 Å². The molecule has 2 aromatic rings. The van der Waals surface area contributed by atoms with Gasteiger partial charge in [-0.05, 0) is 49.8 Å². The van der Waals surface area contributed by atoms with Crippen molar-refractivity contribution in [1.29, 1.82) is 0 Å². The largest absolute Gasteiger partial charge is 0.397 e. The standard InChI is InChI=1S/C10H12N2S.C2H6O4S/c1-3-12-8-5-4-7(2)6-9(8)13-10(12)11;1-2-6-7(3,4)5/h4-6,11H,3H2,1-2H3;2H2,1H3,(H,3,4,5)/p+1. The van der Waals surface area contributed by atoms with E-state index in [-0.39, 0.29) is 6.61 Å². The van der Waals surface area contributed by atoms with Crippen LogP contribution in [0.2, 0.25) is 0 Å². The molecule has 8 heteroatoms. The van der Waals surface area contributed by atoms with Gasteiger partial charge >= 0.3 is 15.5 Å². The van der Waals surface area contributed by atoms with E-state index in [1.54, 1.807) is 11.3 Å². The van der Waals surface area contributed by atoms with E-state index in [4.69, 9.17) is 10.3 Å². The van der Waals surface area contributed by atoms with Crippen LogP contribution in [0.25, 0.3) is 10.2 Å². The van der Waals surface area contributed by atoms with Crippen molar-refractivity contribution in [2.75, 3.05) is 12.3 Å². The van der Waals surface area contributed by atoms with Crippen LogP contribution in [-0.2, 0) is 21.1 Å². The Bertz CT molecular complexity index is 680. The molecule has 1 aromatic carbocycles. The number of aryl methyl sites for hydroxylation is 2. The molecule has 0 atom stereocenters. The van der Waals surface area contributed by atoms with E-state index in [0.717, 1.165) is 11.7 Å². The highest BCUT2D eigenvalue weighted by Gasteiger charge is 2.12. The summed E-state index contributed by atoms with van der Waals surface area (Å²) in [7, 11) is -4.17. The van der Waals surface area contributed by atoms with Crippen molar-refractivity contribution < 1.29 is 21.7 Å². The Morgan fingerprint density at radius 3 is 2.50 bits per heavy atom. The van der Waals surface area contributed by atoms with Gasteiger partial charge in [0.05, 0.1) is 17.9 Å². The zero-order valence-electron chi connectivity index (χ0n) is 11.7. The highest BCUT2D eigenvalue weighted by atomic mass is 32.3. The van der Waals surface area contributed by atoms with Crippen LogP contribution in [0.4, 0.5) is 5.13 Å². The van der Waals surface area contributed by atoms with Gasteiger partial charge in [-0.2, -0.15) is 8.42 Å². The van der Waals surface area contributed by atoms with Crippen molar-refractivity contribution in [1.82, 2.24) is 0 Å². The molecule has 0 unspecified atom stereocenters. The van der Waals surface area contributed by atoms with Gasteiger partial charge in [-0.25, -0.2) is 8.75 Å². The molecule has 0 aliphatic heterocycles. The molecular weight excluding hydrogens is 300 g/mol. The Morgan fingerprint density at radius 2 is 2.05 bits per heavy atom. The summed E-state index contributed by atoms with van der Waals surface area (Å²) >= 11 is 1.66. The minimum absolute atomic E-state index is 0.0289. The SMILES string of the molecule is CCOS(=O)(=O)O.CC[n+]1c(N)sc2cc(C)ccc21. The smallest absolute Gasteiger partial charge is 0.278 e. The number of rotatable bonds is 3. The zero-order valence-corrected chi connectivity index (χ0v) is 13.3. The van der Waals surface area contributed by atoms with Crippen LogP contribution in [-0.4, -0.2) is 19.6 Å². The van der Waals surface area contributed by atoms with Crippen LogP contribution >= 0.6 is 11.3 Å². The molecule has 0 bridgehead atoms. The van der Waals surface area contributed by atoms with Crippen molar-refractivity contribution in [2.24, 2.45) is 0 Å². The number of fused-ring (bicyclic) bond motifs is 1. The molecule has 3 N–H and O–H groups in total. The molecule has 112 valence electrons. The maximum Gasteiger partial charge on any atom is 0.397 e. The topological polar surface area (TPSA) is 93.5 Å². The lowest BCUT2D eigenvalue weighted by atomic mass is 10.2. The first-order valence-corrected chi connectivity index (χ1v) is 8.27. The minimum Gasteiger partial charge on any atom is -0.278 e. The van der Waals surface area contributed by atoms with E-state index < -0.39 is 10.4 Å². The van der Waals surface area contributed by atoms with E-state index in [9.17, 15) is 8.42 Å². The quantitative estimate of drug-likeness (QED) is 0.666. The number of anilines is 1. The summed E-state index contributed by atoms with van der Waals surface area (Å²) in [5.41, 5.74) is 8.43. The lowest BCUT2D eigenvalue weighted by molar-refractivity contribution is -0.649. The summed E-state index contributed by atoms with van der Waals surface area (Å²) in [6.07, 6.45) is 0. The molecule has 0 saturated heterocycles. The number of thiazole rings is 1. The van der Waals surface area contributed by atoms with Crippen molar-refractivity contribution in [3.05, 3.63) is 23.8 Å². The molecule has 0 radical (unpaired) electrons. The van der Waals surface area contributed by atoms with Crippen LogP contribution in [0.15, 0.2) is 18.2 Å². The molecule has 2 rings (SSSR count). The Kier molecular flexibility index (Phi) is 5.88. The maximum absolute atomic E-state index is 9.56. The van der Waals surface area contributed by atoms with Crippen LogP contribution in [0.3, 0.4) is 0 Å². The summed E-state index contributed by atoms with van der Waals surface area (Å²) in [6.45, 7) is 6.59. The summed E-state index contributed by atoms with van der Waals surface area (Å²) in [5.74, 6) is 0. The first kappa shape index (κ1) is 16.8. The molecule has 0 fully saturated rings. The molecule has 0 aliphatic carbocycles. The number of nitrogens with two attached hydrogens (primary N) is 1. The minimum atomic E-state index is -4.17. The third-order valence-electron chi connectivity index (χ3n) is 2.47. The first-order chi connectivity index (χ1) is 9.28. The van der Waals surface area contributed by atoms with E-state index in [2.05, 4.69) is 40.8 Å². The van der Waals surface area contributed by atoms with Gasteiger partial charge in [0.25, 0.3) is 0 Å². The monoisotopic (exact) mass is 319 g/mol. The van der Waals surface area contributed by atoms with Crippen molar-refractivity contribution in [2.45, 2.75) is 27.3 Å². The summed E-state index contributed by atoms with van der Waals surface area (Å²) in [6, 6.07) is 6.45. The molecule has 1 heterocycles. The Hall–Kier alpha value is -1.22. The molecule has 0 aliphatic rings. The fourth-order valence-corrected chi connectivity index (χ4v) is 3.08. The normalized spacial score (nSPS) is 11.2. The summed E-state index contributed by atoms with van der Waals surface area (Å²) in [5, 5.41) is 0.892. The number of hydrogen-bond donors (Lipinski definition) is 2. The van der Waals surface area contributed by atoms with Crippen molar-refractivity contribution in [3.8, 4) is 0 Å². The van der Waals surface area contributed by atoms with E-state index >= 15 is 0 Å². The molecule has 0 saturated carbocycles. The molecule has 0 spiro atoms. The van der Waals surface area contributed by atoms with Crippen LogP contribution in [0.5, 0.6) is 0 Å². The molecule has 1 aromatic heterocycles. The number of nitrogen functional groups attached to an aromatic ring is 1. The van der Waals surface area contributed by atoms with Gasteiger partial charge < -0.3 is 0 Å². The maximum atomic E-state index is 9.56. The predicted molar refractivity (Wildman–Crippen MR) is 80.0 cm³/mol. The number of hydrogen-bond acceptors (Lipinski definition) is 5. The molecule has 0 amide bonds. The van der Waals surface area contributed by atoms with Gasteiger partial charge in [-0.15, -0.1) is 0 Å². The van der Waals surface area contributed by atoms with Gasteiger partial charge in [-0.1, -0.05) is 6.07 Å². The predicted octanol–water partition coefficient (Wildman–Crippen LogP) is 1.93. The molecule has 20 heavy (non-hydrogen) atoms. The highest BCUT2D eigenvalue weighted by Crippen LogP contribution is 2.22. The average molecular weight is 319 g/mol. The van der Waals surface area contributed by atoms with Crippen molar-refractivity contribution >= 4 is 37.1 Å². The van der Waals surface area contributed by atoms with Crippen molar-refractivity contribution in [3.63, 3.8) is 0 Å². The lowest BCUT2D eigenvalue weighted by Crippen LogP contribution is -2.33. The molecule has 6 nitrogen and oxygen atoms in total. The molecular formula is C12H19N2O4S2+. The average Bonchev–Trinajstić information content (AvgIpc) is 2.62. The zero-order chi connectivity index (χ0) is 15.3. The van der Waals surface area contributed by atoms with E-state index in [1.165, 1.54) is 22.7 Å². The highest BCUT2D eigenvalue weighted by molar-refractivity contribution is 7.80. The second-order valence-electron chi connectivity index (χ2n) is 3.99. The van der Waals surface area contributed by atoms with E-state index in [0.29, 0.717) is 0 Å². The number of nitrogens with zero attached hydrogens (tertiary/aromatic N) is 1. The second kappa shape index (κ2) is 6.98. The van der Waals surface area contributed by atoms with Crippen LogP contribution in [0.1, 0.15) is 19.4 Å². The first-order valence-electron chi connectivity index (χ1n) is 6.08. The van der Waals surface area contributed by atoms with Gasteiger partial charge in [0.2, 0.25) is 0 Å². The fraction of sp³-hybridized carbons (Fsp3) is 0.417. The Labute approximate surface area is 122 Å². The lowest BCUT2D eigenvalue weighted by Gasteiger charge is -1.94. The van der Waals surface area contributed by atoms with Gasteiger partial charge in [0, 0.05) is 0 Å². The second-order valence-corrected chi connectivity index (χ2v) is 6.14.